The smallest absolute Gasteiger partial charge is 0.266 e. The minimum Gasteiger partial charge on any atom is -0.493 e. The van der Waals surface area contributed by atoms with Gasteiger partial charge >= 0.3 is 0 Å². The molecule has 2 aromatic rings. The second kappa shape index (κ2) is 11.3. The summed E-state index contributed by atoms with van der Waals surface area (Å²) in [5, 5.41) is 12.2. The van der Waals surface area contributed by atoms with Crippen LogP contribution in [0.5, 0.6) is 5.75 Å². The van der Waals surface area contributed by atoms with E-state index in [0.29, 0.717) is 23.6 Å². The second-order valence-corrected chi connectivity index (χ2v) is 7.50. The van der Waals surface area contributed by atoms with Gasteiger partial charge in [-0.25, -0.2) is 0 Å². The van der Waals surface area contributed by atoms with Gasteiger partial charge in [0.1, 0.15) is 17.4 Å². The first-order valence-corrected chi connectivity index (χ1v) is 10.2. The Hall–Kier alpha value is -2.58. The molecule has 0 aliphatic rings. The van der Waals surface area contributed by atoms with Gasteiger partial charge in [-0.05, 0) is 49.8 Å². The number of carbonyl (C=O) groups excluding carboxylic acids is 1. The summed E-state index contributed by atoms with van der Waals surface area (Å²) in [5.41, 5.74) is 2.47. The average molecular weight is 441 g/mol. The third-order valence-corrected chi connectivity index (χ3v) is 4.69. The SMILES string of the molecule is CCCCCCOc1ccc(Br)cc1C=C(C#N)C(=O)Nc1ccc(C)cc1. The largest absolute Gasteiger partial charge is 0.493 e. The van der Waals surface area contributed by atoms with E-state index in [1.54, 1.807) is 6.08 Å². The van der Waals surface area contributed by atoms with E-state index in [1.165, 1.54) is 12.8 Å². The van der Waals surface area contributed by atoms with Gasteiger partial charge in [0.25, 0.3) is 5.91 Å². The highest BCUT2D eigenvalue weighted by Crippen LogP contribution is 2.26. The number of rotatable bonds is 9. The Kier molecular flexibility index (Phi) is 8.77. The van der Waals surface area contributed by atoms with Crippen molar-refractivity contribution in [2.24, 2.45) is 0 Å². The van der Waals surface area contributed by atoms with Crippen molar-refractivity contribution in [2.75, 3.05) is 11.9 Å². The first-order chi connectivity index (χ1) is 13.5. The van der Waals surface area contributed by atoms with Crippen LogP contribution in [0.2, 0.25) is 0 Å². The zero-order valence-electron chi connectivity index (χ0n) is 16.3. The van der Waals surface area contributed by atoms with Crippen molar-refractivity contribution in [3.05, 3.63) is 63.6 Å². The van der Waals surface area contributed by atoms with Crippen LogP contribution in [0.25, 0.3) is 6.08 Å². The standard InChI is InChI=1S/C23H25BrN2O2/c1-3-4-5-6-13-28-22-12-9-20(24)15-18(22)14-19(16-25)23(27)26-21-10-7-17(2)8-11-21/h7-12,14-15H,3-6,13H2,1-2H3,(H,26,27). The monoisotopic (exact) mass is 440 g/mol. The van der Waals surface area contributed by atoms with Crippen LogP contribution in [0.15, 0.2) is 52.5 Å². The van der Waals surface area contributed by atoms with E-state index < -0.39 is 5.91 Å². The number of amides is 1. The molecule has 1 amide bonds. The maximum Gasteiger partial charge on any atom is 0.266 e. The number of halogens is 1. The molecule has 28 heavy (non-hydrogen) atoms. The number of nitriles is 1. The summed E-state index contributed by atoms with van der Waals surface area (Å²) in [6, 6.07) is 15.0. The highest BCUT2D eigenvalue weighted by Gasteiger charge is 2.12. The van der Waals surface area contributed by atoms with Gasteiger partial charge in [0.15, 0.2) is 0 Å². The van der Waals surface area contributed by atoms with E-state index in [1.807, 2.05) is 55.5 Å². The van der Waals surface area contributed by atoms with Crippen molar-refractivity contribution in [3.8, 4) is 11.8 Å². The Morgan fingerprint density at radius 2 is 1.93 bits per heavy atom. The Balaban J connectivity index is 2.15. The van der Waals surface area contributed by atoms with E-state index in [4.69, 9.17) is 4.74 Å². The number of nitrogens with one attached hydrogen (secondary N) is 1. The van der Waals surface area contributed by atoms with Crippen LogP contribution in [0.1, 0.15) is 43.7 Å². The minimum atomic E-state index is -0.444. The predicted molar refractivity (Wildman–Crippen MR) is 117 cm³/mol. The fourth-order valence-corrected chi connectivity index (χ4v) is 2.99. The molecule has 0 aliphatic carbocycles. The zero-order chi connectivity index (χ0) is 20.4. The molecule has 0 saturated carbocycles. The van der Waals surface area contributed by atoms with Crippen molar-refractivity contribution < 1.29 is 9.53 Å². The lowest BCUT2D eigenvalue weighted by Crippen LogP contribution is -2.13. The molecule has 0 heterocycles. The highest BCUT2D eigenvalue weighted by molar-refractivity contribution is 9.10. The highest BCUT2D eigenvalue weighted by atomic mass is 79.9. The van der Waals surface area contributed by atoms with Crippen molar-refractivity contribution in [2.45, 2.75) is 39.5 Å². The summed E-state index contributed by atoms with van der Waals surface area (Å²) in [4.78, 5) is 12.5. The van der Waals surface area contributed by atoms with E-state index in [-0.39, 0.29) is 5.57 Å². The molecule has 0 spiro atoms. The number of aryl methyl sites for hydroxylation is 1. The van der Waals surface area contributed by atoms with Gasteiger partial charge < -0.3 is 10.1 Å². The molecule has 0 unspecified atom stereocenters. The molecule has 2 aromatic carbocycles. The number of hydrogen-bond acceptors (Lipinski definition) is 3. The molecule has 146 valence electrons. The summed E-state index contributed by atoms with van der Waals surface area (Å²) in [6.45, 7) is 4.76. The molecule has 0 saturated heterocycles. The third kappa shape index (κ3) is 6.86. The molecule has 0 aliphatic heterocycles. The molecule has 4 nitrogen and oxygen atoms in total. The van der Waals surface area contributed by atoms with Gasteiger partial charge in [0, 0.05) is 15.7 Å². The number of anilines is 1. The maximum absolute atomic E-state index is 12.5. The van der Waals surface area contributed by atoms with Crippen LogP contribution in [0, 0.1) is 18.3 Å². The number of nitrogens with zero attached hydrogens (tertiary/aromatic N) is 1. The van der Waals surface area contributed by atoms with Crippen LogP contribution in [0.4, 0.5) is 5.69 Å². The lowest BCUT2D eigenvalue weighted by Gasteiger charge is -2.10. The molecule has 0 radical (unpaired) electrons. The molecule has 2 rings (SSSR count). The van der Waals surface area contributed by atoms with Crippen LogP contribution in [-0.4, -0.2) is 12.5 Å². The van der Waals surface area contributed by atoms with Crippen molar-refractivity contribution in [3.63, 3.8) is 0 Å². The van der Waals surface area contributed by atoms with Gasteiger partial charge in [-0.2, -0.15) is 5.26 Å². The number of ether oxygens (including phenoxy) is 1. The Bertz CT molecular complexity index is 867. The van der Waals surface area contributed by atoms with Gasteiger partial charge in [-0.1, -0.05) is 59.8 Å². The Morgan fingerprint density at radius 1 is 1.18 bits per heavy atom. The summed E-state index contributed by atoms with van der Waals surface area (Å²) in [6.07, 6.45) is 6.03. The van der Waals surface area contributed by atoms with Crippen molar-refractivity contribution in [1.29, 1.82) is 5.26 Å². The van der Waals surface area contributed by atoms with Gasteiger partial charge in [-0.15, -0.1) is 0 Å². The fourth-order valence-electron chi connectivity index (χ4n) is 2.61. The number of benzene rings is 2. The van der Waals surface area contributed by atoms with Crippen LogP contribution in [0.3, 0.4) is 0 Å². The van der Waals surface area contributed by atoms with E-state index in [9.17, 15) is 10.1 Å². The molecule has 0 fully saturated rings. The third-order valence-electron chi connectivity index (χ3n) is 4.20. The van der Waals surface area contributed by atoms with Gasteiger partial charge in [-0.3, -0.25) is 4.79 Å². The molecule has 0 atom stereocenters. The van der Waals surface area contributed by atoms with Gasteiger partial charge in [0.2, 0.25) is 0 Å². The fraction of sp³-hybridized carbons (Fsp3) is 0.304. The average Bonchev–Trinajstić information content (AvgIpc) is 2.69. The normalized spacial score (nSPS) is 11.0. The summed E-state index contributed by atoms with van der Waals surface area (Å²) >= 11 is 3.44. The quantitative estimate of drug-likeness (QED) is 0.284. The lowest BCUT2D eigenvalue weighted by atomic mass is 10.1. The Labute approximate surface area is 175 Å². The number of unbranched alkanes of at least 4 members (excludes halogenated alkanes) is 3. The van der Waals surface area contributed by atoms with Crippen molar-refractivity contribution >= 4 is 33.6 Å². The topological polar surface area (TPSA) is 62.1 Å². The first-order valence-electron chi connectivity index (χ1n) is 9.45. The summed E-state index contributed by atoms with van der Waals surface area (Å²) < 4.78 is 6.74. The number of carbonyl (C=O) groups is 1. The zero-order valence-corrected chi connectivity index (χ0v) is 17.9. The van der Waals surface area contributed by atoms with E-state index >= 15 is 0 Å². The number of hydrogen-bond donors (Lipinski definition) is 1. The molecule has 5 heteroatoms. The second-order valence-electron chi connectivity index (χ2n) is 6.58. The van der Waals surface area contributed by atoms with Crippen LogP contribution >= 0.6 is 15.9 Å². The van der Waals surface area contributed by atoms with E-state index in [2.05, 4.69) is 28.2 Å². The first kappa shape index (κ1) is 21.7. The van der Waals surface area contributed by atoms with Crippen LogP contribution in [-0.2, 0) is 4.79 Å². The molecule has 1 N–H and O–H groups in total. The summed E-state index contributed by atoms with van der Waals surface area (Å²) in [5.74, 6) is 0.218. The Morgan fingerprint density at radius 3 is 2.61 bits per heavy atom. The summed E-state index contributed by atoms with van der Waals surface area (Å²) in [7, 11) is 0. The maximum atomic E-state index is 12.5. The minimum absolute atomic E-state index is 0.0227. The van der Waals surface area contributed by atoms with Crippen molar-refractivity contribution in [1.82, 2.24) is 0 Å². The molecular formula is C23H25BrN2O2. The van der Waals surface area contributed by atoms with Crippen LogP contribution < -0.4 is 10.1 Å². The predicted octanol–water partition coefficient (Wildman–Crippen LogP) is 6.26. The lowest BCUT2D eigenvalue weighted by molar-refractivity contribution is -0.112. The van der Waals surface area contributed by atoms with Gasteiger partial charge in [0.05, 0.1) is 6.61 Å². The molecule has 0 aromatic heterocycles. The molecular weight excluding hydrogens is 416 g/mol. The molecule has 0 bridgehead atoms. The van der Waals surface area contributed by atoms with E-state index in [0.717, 1.165) is 22.9 Å².